The summed E-state index contributed by atoms with van der Waals surface area (Å²) >= 11 is 0. The first kappa shape index (κ1) is 18.1. The first-order valence-corrected chi connectivity index (χ1v) is 7.03. The van der Waals surface area contributed by atoms with E-state index >= 15 is 0 Å². The van der Waals surface area contributed by atoms with E-state index in [1.54, 1.807) is 0 Å². The van der Waals surface area contributed by atoms with E-state index in [1.807, 2.05) is 0 Å². The third kappa shape index (κ3) is 6.02. The Morgan fingerprint density at radius 1 is 0.960 bits per heavy atom. The number of rotatable bonds is 5. The van der Waals surface area contributed by atoms with E-state index in [1.165, 1.54) is 42.5 Å². The average molecular weight is 350 g/mol. The second-order valence-electron chi connectivity index (χ2n) is 4.73. The molecule has 0 aliphatic heterocycles. The van der Waals surface area contributed by atoms with Gasteiger partial charge in [0.1, 0.15) is 11.6 Å². The van der Waals surface area contributed by atoms with Gasteiger partial charge in [-0.15, -0.1) is 0 Å². The van der Waals surface area contributed by atoms with Crippen LogP contribution in [0.4, 0.5) is 13.2 Å². The summed E-state index contributed by atoms with van der Waals surface area (Å²) in [5, 5.41) is 0. The second-order valence-corrected chi connectivity index (χ2v) is 4.73. The number of hydrogen-bond donors (Lipinski definition) is 2. The molecule has 0 bridgehead atoms. The van der Waals surface area contributed by atoms with E-state index < -0.39 is 24.2 Å². The highest BCUT2D eigenvalue weighted by Gasteiger charge is 2.06. The van der Waals surface area contributed by atoms with Gasteiger partial charge in [0.25, 0.3) is 11.8 Å². The van der Waals surface area contributed by atoms with Crippen molar-refractivity contribution in [3.8, 4) is 5.75 Å². The molecule has 0 spiro atoms. The summed E-state index contributed by atoms with van der Waals surface area (Å²) < 4.78 is 41.0. The highest BCUT2D eigenvalue weighted by Crippen LogP contribution is 2.15. The maximum absolute atomic E-state index is 12.8. The Labute approximate surface area is 141 Å². The zero-order valence-electron chi connectivity index (χ0n) is 12.7. The Bertz CT molecular complexity index is 760. The number of hydrogen-bond acceptors (Lipinski definition) is 3. The Morgan fingerprint density at radius 3 is 2.20 bits per heavy atom. The molecule has 2 aromatic carbocycles. The minimum atomic E-state index is -2.91. The van der Waals surface area contributed by atoms with Crippen LogP contribution in [0.5, 0.6) is 5.75 Å². The van der Waals surface area contributed by atoms with Gasteiger partial charge >= 0.3 is 6.61 Å². The standard InChI is InChI=1S/C17H13F3N2O3/c18-13-6-4-12(5-7-13)16(24)22-21-15(23)10-3-11-1-8-14(9-2-11)25-17(19)20/h1-10,17H,(H,21,23)(H,22,24)/b10-3+. The molecule has 0 saturated carbocycles. The molecule has 0 radical (unpaired) electrons. The summed E-state index contributed by atoms with van der Waals surface area (Å²) in [5.41, 5.74) is 5.08. The molecule has 0 fully saturated rings. The Morgan fingerprint density at radius 2 is 1.60 bits per heavy atom. The topological polar surface area (TPSA) is 67.4 Å². The first-order valence-electron chi connectivity index (χ1n) is 7.03. The molecule has 5 nitrogen and oxygen atoms in total. The average Bonchev–Trinajstić information content (AvgIpc) is 2.59. The molecule has 8 heteroatoms. The molecule has 2 rings (SSSR count). The number of hydrazine groups is 1. The summed E-state index contributed by atoms with van der Waals surface area (Å²) in [6.07, 6.45) is 2.57. The zero-order chi connectivity index (χ0) is 18.2. The lowest BCUT2D eigenvalue weighted by Gasteiger charge is -2.05. The largest absolute Gasteiger partial charge is 0.435 e. The maximum Gasteiger partial charge on any atom is 0.387 e. The first-order chi connectivity index (χ1) is 11.9. The SMILES string of the molecule is O=C(/C=C/c1ccc(OC(F)F)cc1)NNC(=O)c1ccc(F)cc1. The molecule has 2 N–H and O–H groups in total. The number of amides is 2. The fourth-order valence-corrected chi connectivity index (χ4v) is 1.77. The van der Waals surface area contributed by atoms with E-state index in [9.17, 15) is 22.8 Å². The molecule has 0 unspecified atom stereocenters. The van der Waals surface area contributed by atoms with Gasteiger partial charge in [-0.3, -0.25) is 20.4 Å². The minimum absolute atomic E-state index is 0.00293. The highest BCUT2D eigenvalue weighted by molar-refractivity contribution is 5.97. The lowest BCUT2D eigenvalue weighted by Crippen LogP contribution is -2.40. The molecule has 130 valence electrons. The summed E-state index contributed by atoms with van der Waals surface area (Å²) in [6, 6.07) is 10.4. The van der Waals surface area contributed by atoms with Crippen LogP contribution >= 0.6 is 0 Å². The number of carbonyl (C=O) groups is 2. The van der Waals surface area contributed by atoms with Crippen LogP contribution in [0, 0.1) is 5.82 Å². The maximum atomic E-state index is 12.8. The highest BCUT2D eigenvalue weighted by atomic mass is 19.3. The number of ether oxygens (including phenoxy) is 1. The molecule has 0 atom stereocenters. The Hall–Kier alpha value is -3.29. The van der Waals surface area contributed by atoms with Crippen LogP contribution in [0.2, 0.25) is 0 Å². The van der Waals surface area contributed by atoms with Crippen LogP contribution in [0.25, 0.3) is 6.08 Å². The molecule has 2 aromatic rings. The van der Waals surface area contributed by atoms with Crippen molar-refractivity contribution in [2.75, 3.05) is 0 Å². The van der Waals surface area contributed by atoms with Crippen LogP contribution < -0.4 is 15.6 Å². The summed E-state index contributed by atoms with van der Waals surface area (Å²) in [6.45, 7) is -2.91. The molecule has 0 saturated heterocycles. The van der Waals surface area contributed by atoms with Crippen molar-refractivity contribution in [1.29, 1.82) is 0 Å². The number of halogens is 3. The smallest absolute Gasteiger partial charge is 0.387 e. The summed E-state index contributed by atoms with van der Waals surface area (Å²) in [5.74, 6) is -1.68. The van der Waals surface area contributed by atoms with Gasteiger partial charge in [-0.2, -0.15) is 8.78 Å². The van der Waals surface area contributed by atoms with Gasteiger partial charge in [0.2, 0.25) is 0 Å². The molecule has 2 amide bonds. The summed E-state index contributed by atoms with van der Waals surface area (Å²) in [7, 11) is 0. The molecule has 0 aliphatic rings. The van der Waals surface area contributed by atoms with Gasteiger partial charge in [0.15, 0.2) is 0 Å². The molecule has 0 aromatic heterocycles. The van der Waals surface area contributed by atoms with E-state index in [4.69, 9.17) is 0 Å². The van der Waals surface area contributed by atoms with Crippen molar-refractivity contribution in [2.24, 2.45) is 0 Å². The minimum Gasteiger partial charge on any atom is -0.435 e. The van der Waals surface area contributed by atoms with Gasteiger partial charge in [0.05, 0.1) is 0 Å². The van der Waals surface area contributed by atoms with Crippen molar-refractivity contribution >= 4 is 17.9 Å². The van der Waals surface area contributed by atoms with Gasteiger partial charge in [0, 0.05) is 11.6 Å². The van der Waals surface area contributed by atoms with Crippen LogP contribution in [0.3, 0.4) is 0 Å². The predicted octanol–water partition coefficient (Wildman–Crippen LogP) is 2.90. The van der Waals surface area contributed by atoms with Gasteiger partial charge in [-0.25, -0.2) is 4.39 Å². The predicted molar refractivity (Wildman–Crippen MR) is 84.1 cm³/mol. The number of benzene rings is 2. The van der Waals surface area contributed by atoms with Crippen molar-refractivity contribution < 1.29 is 27.5 Å². The summed E-state index contributed by atoms with van der Waals surface area (Å²) in [4.78, 5) is 23.3. The fourth-order valence-electron chi connectivity index (χ4n) is 1.77. The van der Waals surface area contributed by atoms with E-state index in [0.717, 1.165) is 18.2 Å². The monoisotopic (exact) mass is 350 g/mol. The van der Waals surface area contributed by atoms with Gasteiger partial charge in [-0.1, -0.05) is 12.1 Å². The zero-order valence-corrected chi connectivity index (χ0v) is 12.7. The van der Waals surface area contributed by atoms with E-state index in [-0.39, 0.29) is 11.3 Å². The third-order valence-corrected chi connectivity index (χ3v) is 2.94. The second kappa shape index (κ2) is 8.53. The van der Waals surface area contributed by atoms with Crippen molar-refractivity contribution in [1.82, 2.24) is 10.9 Å². The molecular formula is C17H13F3N2O3. The lowest BCUT2D eigenvalue weighted by molar-refractivity contribution is -0.117. The lowest BCUT2D eigenvalue weighted by atomic mass is 10.2. The molecule has 0 aliphatic carbocycles. The van der Waals surface area contributed by atoms with Gasteiger partial charge in [-0.05, 0) is 48.0 Å². The third-order valence-electron chi connectivity index (χ3n) is 2.94. The Balaban J connectivity index is 1.84. The van der Waals surface area contributed by atoms with Crippen molar-refractivity contribution in [2.45, 2.75) is 6.61 Å². The fraction of sp³-hybridized carbons (Fsp3) is 0.0588. The normalized spacial score (nSPS) is 10.7. The number of nitrogens with one attached hydrogen (secondary N) is 2. The molecule has 25 heavy (non-hydrogen) atoms. The van der Waals surface area contributed by atoms with Crippen molar-refractivity contribution in [3.63, 3.8) is 0 Å². The quantitative estimate of drug-likeness (QED) is 0.644. The van der Waals surface area contributed by atoms with Crippen LogP contribution in [0.15, 0.2) is 54.6 Å². The molecular weight excluding hydrogens is 337 g/mol. The van der Waals surface area contributed by atoms with E-state index in [2.05, 4.69) is 15.6 Å². The van der Waals surface area contributed by atoms with Crippen molar-refractivity contribution in [3.05, 3.63) is 71.6 Å². The van der Waals surface area contributed by atoms with Crippen LogP contribution in [-0.4, -0.2) is 18.4 Å². The van der Waals surface area contributed by atoms with Crippen LogP contribution in [-0.2, 0) is 4.79 Å². The van der Waals surface area contributed by atoms with E-state index in [0.29, 0.717) is 5.56 Å². The number of alkyl halides is 2. The van der Waals surface area contributed by atoms with Crippen LogP contribution in [0.1, 0.15) is 15.9 Å². The molecule has 0 heterocycles. The van der Waals surface area contributed by atoms with Gasteiger partial charge < -0.3 is 4.74 Å². The Kier molecular flexibility index (Phi) is 6.16. The number of carbonyl (C=O) groups excluding carboxylic acids is 2.